The van der Waals surface area contributed by atoms with E-state index in [2.05, 4.69) is 5.32 Å². The second-order valence-electron chi connectivity index (χ2n) is 5.41. The molecule has 0 heterocycles. The summed E-state index contributed by atoms with van der Waals surface area (Å²) in [6, 6.07) is 16.7. The smallest absolute Gasteiger partial charge is 0.266 e. The number of carbonyl (C=O) groups is 1. The maximum Gasteiger partial charge on any atom is 0.266 e. The third kappa shape index (κ3) is 4.99. The molecule has 122 valence electrons. The van der Waals surface area contributed by atoms with Crippen LogP contribution in [0, 0.1) is 18.3 Å². The van der Waals surface area contributed by atoms with Crippen molar-refractivity contribution in [1.82, 2.24) is 0 Å². The molecular formula is C20H20N2O2. The minimum absolute atomic E-state index is 0.0535. The van der Waals surface area contributed by atoms with Crippen LogP contribution in [0.25, 0.3) is 6.08 Å². The summed E-state index contributed by atoms with van der Waals surface area (Å²) in [5.74, 6) is 0.351. The van der Waals surface area contributed by atoms with E-state index >= 15 is 0 Å². The van der Waals surface area contributed by atoms with E-state index in [1.54, 1.807) is 6.08 Å². The average Bonchev–Trinajstić information content (AvgIpc) is 2.60. The van der Waals surface area contributed by atoms with Crippen molar-refractivity contribution in [2.75, 3.05) is 11.9 Å². The van der Waals surface area contributed by atoms with Crippen molar-refractivity contribution in [2.24, 2.45) is 0 Å². The molecule has 24 heavy (non-hydrogen) atoms. The molecule has 2 aromatic carbocycles. The summed E-state index contributed by atoms with van der Waals surface area (Å²) in [7, 11) is 0. The Balaban J connectivity index is 2.09. The lowest BCUT2D eigenvalue weighted by Crippen LogP contribution is -2.13. The van der Waals surface area contributed by atoms with Gasteiger partial charge in [-0.05, 0) is 49.2 Å². The Morgan fingerprint density at radius 3 is 2.42 bits per heavy atom. The molecule has 0 spiro atoms. The molecule has 2 aromatic rings. The topological polar surface area (TPSA) is 62.1 Å². The van der Waals surface area contributed by atoms with Crippen molar-refractivity contribution < 1.29 is 9.53 Å². The van der Waals surface area contributed by atoms with Crippen LogP contribution in [0.3, 0.4) is 0 Å². The minimum Gasteiger partial charge on any atom is -0.494 e. The van der Waals surface area contributed by atoms with Gasteiger partial charge in [-0.2, -0.15) is 5.26 Å². The van der Waals surface area contributed by atoms with Crippen molar-refractivity contribution in [3.8, 4) is 11.8 Å². The van der Waals surface area contributed by atoms with Gasteiger partial charge in [-0.3, -0.25) is 4.79 Å². The van der Waals surface area contributed by atoms with Crippen LogP contribution in [-0.4, -0.2) is 12.5 Å². The van der Waals surface area contributed by atoms with E-state index < -0.39 is 5.91 Å². The summed E-state index contributed by atoms with van der Waals surface area (Å²) in [4.78, 5) is 12.2. The highest BCUT2D eigenvalue weighted by Gasteiger charge is 2.09. The molecule has 0 aliphatic heterocycles. The fourth-order valence-electron chi connectivity index (χ4n) is 2.03. The molecule has 1 amide bonds. The van der Waals surface area contributed by atoms with E-state index in [1.165, 1.54) is 0 Å². The summed E-state index contributed by atoms with van der Waals surface area (Å²) >= 11 is 0. The van der Waals surface area contributed by atoms with Crippen molar-refractivity contribution in [1.29, 1.82) is 5.26 Å². The predicted molar refractivity (Wildman–Crippen MR) is 95.6 cm³/mol. The van der Waals surface area contributed by atoms with E-state index in [1.807, 2.05) is 68.4 Å². The number of anilines is 1. The molecule has 0 atom stereocenters. The van der Waals surface area contributed by atoms with E-state index in [9.17, 15) is 10.1 Å². The number of ether oxygens (including phenoxy) is 1. The molecule has 0 saturated heterocycles. The fourth-order valence-corrected chi connectivity index (χ4v) is 2.03. The molecule has 0 fully saturated rings. The Bertz CT molecular complexity index is 754. The third-order valence-electron chi connectivity index (χ3n) is 3.34. The molecule has 2 rings (SSSR count). The van der Waals surface area contributed by atoms with Crippen LogP contribution in [0.1, 0.15) is 24.5 Å². The zero-order valence-corrected chi connectivity index (χ0v) is 13.9. The summed E-state index contributed by atoms with van der Waals surface area (Å²) < 4.78 is 5.51. The summed E-state index contributed by atoms with van der Waals surface area (Å²) in [6.07, 6.45) is 2.51. The zero-order valence-electron chi connectivity index (χ0n) is 13.9. The lowest BCUT2D eigenvalue weighted by atomic mass is 10.1. The first-order valence-electron chi connectivity index (χ1n) is 7.85. The number of hydrogen-bond donors (Lipinski definition) is 1. The standard InChI is InChI=1S/C20H20N2O2/c1-3-12-24-19-10-6-16(7-11-19)13-17(14-21)20(23)22-18-8-4-15(2)5-9-18/h4-11,13H,3,12H2,1-2H3,(H,22,23)/b17-13-. The van der Waals surface area contributed by atoms with Gasteiger partial charge in [-0.25, -0.2) is 0 Å². The average molecular weight is 320 g/mol. The Hall–Kier alpha value is -3.06. The van der Waals surface area contributed by atoms with Crippen LogP contribution in [-0.2, 0) is 4.79 Å². The maximum atomic E-state index is 12.2. The monoisotopic (exact) mass is 320 g/mol. The van der Waals surface area contributed by atoms with Crippen molar-refractivity contribution in [3.63, 3.8) is 0 Å². The number of aryl methyl sites for hydroxylation is 1. The van der Waals surface area contributed by atoms with Crippen molar-refractivity contribution in [2.45, 2.75) is 20.3 Å². The molecular weight excluding hydrogens is 300 g/mol. The molecule has 0 saturated carbocycles. The van der Waals surface area contributed by atoms with E-state index in [4.69, 9.17) is 4.74 Å². The van der Waals surface area contributed by atoms with Gasteiger partial charge < -0.3 is 10.1 Å². The summed E-state index contributed by atoms with van der Waals surface area (Å²) in [6.45, 7) is 4.68. The van der Waals surface area contributed by atoms with Crippen LogP contribution >= 0.6 is 0 Å². The van der Waals surface area contributed by atoms with E-state index in [-0.39, 0.29) is 5.57 Å². The largest absolute Gasteiger partial charge is 0.494 e. The van der Waals surface area contributed by atoms with Gasteiger partial charge in [0, 0.05) is 5.69 Å². The molecule has 4 heteroatoms. The van der Waals surface area contributed by atoms with Crippen LogP contribution in [0.2, 0.25) is 0 Å². The van der Waals surface area contributed by atoms with Gasteiger partial charge >= 0.3 is 0 Å². The molecule has 4 nitrogen and oxygen atoms in total. The SMILES string of the molecule is CCCOc1ccc(/C=C(/C#N)C(=O)Nc2ccc(C)cc2)cc1. The van der Waals surface area contributed by atoms with Gasteiger partial charge in [0.15, 0.2) is 0 Å². The van der Waals surface area contributed by atoms with Gasteiger partial charge in [-0.15, -0.1) is 0 Å². The van der Waals surface area contributed by atoms with Crippen LogP contribution in [0.5, 0.6) is 5.75 Å². The van der Waals surface area contributed by atoms with Gasteiger partial charge in [-0.1, -0.05) is 36.8 Å². The normalized spacial score (nSPS) is 10.8. The summed E-state index contributed by atoms with van der Waals surface area (Å²) in [5, 5.41) is 12.0. The van der Waals surface area contributed by atoms with E-state index in [0.717, 1.165) is 23.3 Å². The molecule has 0 unspecified atom stereocenters. The maximum absolute atomic E-state index is 12.2. The molecule has 0 aliphatic rings. The van der Waals surface area contributed by atoms with Gasteiger partial charge in [0.1, 0.15) is 17.4 Å². The van der Waals surface area contributed by atoms with Crippen molar-refractivity contribution in [3.05, 3.63) is 65.2 Å². The fraction of sp³-hybridized carbons (Fsp3) is 0.200. The second-order valence-corrected chi connectivity index (χ2v) is 5.41. The number of nitriles is 1. The lowest BCUT2D eigenvalue weighted by molar-refractivity contribution is -0.112. The number of nitrogens with zero attached hydrogens (tertiary/aromatic N) is 1. The Morgan fingerprint density at radius 2 is 1.83 bits per heavy atom. The number of hydrogen-bond acceptors (Lipinski definition) is 3. The second kappa shape index (κ2) is 8.54. The highest BCUT2D eigenvalue weighted by atomic mass is 16.5. The first-order valence-corrected chi connectivity index (χ1v) is 7.85. The highest BCUT2D eigenvalue weighted by Crippen LogP contribution is 2.16. The molecule has 0 bridgehead atoms. The number of nitrogens with one attached hydrogen (secondary N) is 1. The Labute approximate surface area is 142 Å². The molecule has 0 aromatic heterocycles. The number of carbonyl (C=O) groups excluding carboxylic acids is 1. The number of amides is 1. The van der Waals surface area contributed by atoms with Gasteiger partial charge in [0.2, 0.25) is 0 Å². The lowest BCUT2D eigenvalue weighted by Gasteiger charge is -2.06. The van der Waals surface area contributed by atoms with Crippen LogP contribution in [0.15, 0.2) is 54.1 Å². The molecule has 0 radical (unpaired) electrons. The van der Waals surface area contributed by atoms with Crippen LogP contribution in [0.4, 0.5) is 5.69 Å². The highest BCUT2D eigenvalue weighted by molar-refractivity contribution is 6.09. The minimum atomic E-state index is -0.423. The zero-order chi connectivity index (χ0) is 17.4. The first kappa shape index (κ1) is 17.3. The molecule has 1 N–H and O–H groups in total. The number of rotatable bonds is 6. The van der Waals surface area contributed by atoms with Crippen molar-refractivity contribution >= 4 is 17.7 Å². The van der Waals surface area contributed by atoms with Gasteiger partial charge in [0.25, 0.3) is 5.91 Å². The Kier molecular flexibility index (Phi) is 6.16. The first-order chi connectivity index (χ1) is 11.6. The third-order valence-corrected chi connectivity index (χ3v) is 3.34. The molecule has 0 aliphatic carbocycles. The van der Waals surface area contributed by atoms with Gasteiger partial charge in [0.05, 0.1) is 6.61 Å². The number of benzene rings is 2. The van der Waals surface area contributed by atoms with Crippen LogP contribution < -0.4 is 10.1 Å². The Morgan fingerprint density at radius 1 is 1.17 bits per heavy atom. The quantitative estimate of drug-likeness (QED) is 0.636. The van der Waals surface area contributed by atoms with E-state index in [0.29, 0.717) is 12.3 Å². The summed E-state index contributed by atoms with van der Waals surface area (Å²) in [5.41, 5.74) is 2.59. The predicted octanol–water partition coefficient (Wildman–Crippen LogP) is 4.33.